The number of methoxy groups -OCH3 is 1. The van der Waals surface area contributed by atoms with Gasteiger partial charge in [0, 0.05) is 25.1 Å². The topological polar surface area (TPSA) is 59.6 Å². The third-order valence-corrected chi connectivity index (χ3v) is 5.01. The number of carbonyl (C=O) groups excluding carboxylic acids is 1. The minimum atomic E-state index is -4.38. The molecule has 2 atom stereocenters. The predicted octanol–water partition coefficient (Wildman–Crippen LogP) is 3.28. The predicted molar refractivity (Wildman–Crippen MR) is 86.9 cm³/mol. The van der Waals surface area contributed by atoms with Gasteiger partial charge in [-0.15, -0.1) is 0 Å². The van der Waals surface area contributed by atoms with Crippen molar-refractivity contribution in [2.24, 2.45) is 5.41 Å². The number of hydrogen-bond donors (Lipinski definition) is 2. The fourth-order valence-electron chi connectivity index (χ4n) is 3.52. The van der Waals surface area contributed by atoms with Crippen LogP contribution in [0.15, 0.2) is 24.0 Å². The highest BCUT2D eigenvalue weighted by molar-refractivity contribution is 5.75. The van der Waals surface area contributed by atoms with Crippen molar-refractivity contribution in [1.82, 2.24) is 10.6 Å². The highest BCUT2D eigenvalue weighted by Gasteiger charge is 2.59. The number of rotatable bonds is 7. The van der Waals surface area contributed by atoms with Crippen LogP contribution >= 0.6 is 0 Å². The van der Waals surface area contributed by atoms with Crippen LogP contribution < -0.4 is 10.6 Å². The smallest absolute Gasteiger partial charge is 0.422 e. The van der Waals surface area contributed by atoms with Crippen molar-refractivity contribution in [3.63, 3.8) is 0 Å². The van der Waals surface area contributed by atoms with Gasteiger partial charge in [-0.1, -0.05) is 13.0 Å². The van der Waals surface area contributed by atoms with Gasteiger partial charge in [0.1, 0.15) is 0 Å². The van der Waals surface area contributed by atoms with E-state index in [1.54, 1.807) is 7.11 Å². The molecule has 0 aromatic heterocycles. The Morgan fingerprint density at radius 2 is 2.08 bits per heavy atom. The van der Waals surface area contributed by atoms with Gasteiger partial charge in [-0.05, 0) is 37.8 Å². The molecule has 0 heterocycles. The maximum atomic E-state index is 12.1. The van der Waals surface area contributed by atoms with Gasteiger partial charge in [-0.2, -0.15) is 13.2 Å². The Bertz CT molecular complexity index is 542. The average molecular weight is 362 g/mol. The summed E-state index contributed by atoms with van der Waals surface area (Å²) in [5.41, 5.74) is 0.530. The normalized spacial score (nSPS) is 24.9. The molecule has 0 radical (unpaired) electrons. The lowest BCUT2D eigenvalue weighted by atomic mass is 9.51. The van der Waals surface area contributed by atoms with E-state index in [-0.39, 0.29) is 35.9 Å². The maximum Gasteiger partial charge on any atom is 0.422 e. The van der Waals surface area contributed by atoms with Gasteiger partial charge in [0.15, 0.2) is 6.61 Å². The average Bonchev–Trinajstić information content (AvgIpc) is 2.44. The molecule has 0 aromatic carbocycles. The van der Waals surface area contributed by atoms with Gasteiger partial charge in [-0.3, -0.25) is 0 Å². The van der Waals surface area contributed by atoms with Crippen molar-refractivity contribution in [2.45, 2.75) is 50.9 Å². The van der Waals surface area contributed by atoms with Gasteiger partial charge in [0.25, 0.3) is 0 Å². The zero-order valence-electron chi connectivity index (χ0n) is 14.5. The van der Waals surface area contributed by atoms with E-state index >= 15 is 0 Å². The Kier molecular flexibility index (Phi) is 6.03. The van der Waals surface area contributed by atoms with E-state index in [4.69, 9.17) is 4.74 Å². The molecule has 142 valence electrons. The van der Waals surface area contributed by atoms with E-state index < -0.39 is 12.8 Å². The van der Waals surface area contributed by atoms with Crippen LogP contribution in [-0.4, -0.2) is 44.6 Å². The summed E-state index contributed by atoms with van der Waals surface area (Å²) < 4.78 is 46.2. The Morgan fingerprint density at radius 1 is 1.40 bits per heavy atom. The number of hydrogen-bond acceptors (Lipinski definition) is 3. The highest BCUT2D eigenvalue weighted by atomic mass is 19.4. The summed E-state index contributed by atoms with van der Waals surface area (Å²) in [7, 11) is 1.69. The first kappa shape index (κ1) is 19.6. The molecule has 0 saturated heterocycles. The molecule has 0 bridgehead atoms. The largest absolute Gasteiger partial charge is 0.489 e. The van der Waals surface area contributed by atoms with Crippen molar-refractivity contribution in [3.05, 3.63) is 24.0 Å². The number of amides is 2. The number of halogens is 3. The van der Waals surface area contributed by atoms with Crippen molar-refractivity contribution >= 4 is 6.03 Å². The first-order valence-electron chi connectivity index (χ1n) is 8.29. The van der Waals surface area contributed by atoms with Crippen LogP contribution in [0.4, 0.5) is 18.0 Å². The van der Waals surface area contributed by atoms with Crippen molar-refractivity contribution in [3.8, 4) is 0 Å². The summed E-state index contributed by atoms with van der Waals surface area (Å²) in [5, 5.41) is 5.62. The molecule has 0 aromatic rings. The lowest BCUT2D eigenvalue weighted by Crippen LogP contribution is -2.68. The van der Waals surface area contributed by atoms with Gasteiger partial charge < -0.3 is 20.1 Å². The molecule has 0 aliphatic heterocycles. The van der Waals surface area contributed by atoms with E-state index in [9.17, 15) is 18.0 Å². The SMILES string of the molecule is C=C(/C=C(\C)OCC(F)(F)F)CNC(=O)NC1CC(OC)C12CCC2. The molecule has 2 aliphatic rings. The van der Waals surface area contributed by atoms with Crippen LogP contribution in [-0.2, 0) is 9.47 Å². The Hall–Kier alpha value is -1.70. The minimum Gasteiger partial charge on any atom is -0.489 e. The summed E-state index contributed by atoms with van der Waals surface area (Å²) in [6.45, 7) is 3.90. The Balaban J connectivity index is 1.70. The number of carbonyl (C=O) groups is 1. The molecular formula is C17H25F3N2O3. The lowest BCUT2D eigenvalue weighted by molar-refractivity contribution is -0.164. The minimum absolute atomic E-state index is 0.0744. The van der Waals surface area contributed by atoms with Crippen LogP contribution in [0.2, 0.25) is 0 Å². The molecule has 25 heavy (non-hydrogen) atoms. The fraction of sp³-hybridized carbons (Fsp3) is 0.706. The van der Waals surface area contributed by atoms with Crippen LogP contribution in [0.25, 0.3) is 0 Å². The summed E-state index contributed by atoms with van der Waals surface area (Å²) >= 11 is 0. The van der Waals surface area contributed by atoms with E-state index in [0.717, 1.165) is 25.7 Å². The van der Waals surface area contributed by atoms with E-state index in [1.165, 1.54) is 13.0 Å². The summed E-state index contributed by atoms with van der Waals surface area (Å²) in [6, 6.07) is -0.207. The second kappa shape index (κ2) is 7.68. The molecule has 8 heteroatoms. The summed E-state index contributed by atoms with van der Waals surface area (Å²) in [6.07, 6.45) is 1.27. The van der Waals surface area contributed by atoms with Crippen LogP contribution in [0.5, 0.6) is 0 Å². The highest BCUT2D eigenvalue weighted by Crippen LogP contribution is 2.57. The molecule has 2 saturated carbocycles. The third kappa shape index (κ3) is 4.90. The lowest BCUT2D eigenvalue weighted by Gasteiger charge is -2.60. The van der Waals surface area contributed by atoms with Crippen LogP contribution in [0.3, 0.4) is 0 Å². The Morgan fingerprint density at radius 3 is 2.60 bits per heavy atom. The van der Waals surface area contributed by atoms with Gasteiger partial charge >= 0.3 is 12.2 Å². The quantitative estimate of drug-likeness (QED) is 0.540. The summed E-state index contributed by atoms with van der Waals surface area (Å²) in [5.74, 6) is 0.0971. The van der Waals surface area contributed by atoms with Crippen molar-refractivity contribution < 1.29 is 27.4 Å². The molecule has 1 spiro atoms. The van der Waals surface area contributed by atoms with E-state index in [1.807, 2.05) is 0 Å². The molecule has 2 amide bonds. The molecule has 5 nitrogen and oxygen atoms in total. The number of urea groups is 1. The van der Waals surface area contributed by atoms with Gasteiger partial charge in [0.05, 0.1) is 11.9 Å². The zero-order chi connectivity index (χ0) is 18.7. The number of allylic oxidation sites excluding steroid dienone is 1. The molecular weight excluding hydrogens is 337 g/mol. The third-order valence-electron chi connectivity index (χ3n) is 5.01. The number of nitrogens with one attached hydrogen (secondary N) is 2. The zero-order valence-corrected chi connectivity index (χ0v) is 14.5. The Labute approximate surface area is 145 Å². The van der Waals surface area contributed by atoms with E-state index in [2.05, 4.69) is 21.9 Å². The maximum absolute atomic E-state index is 12.1. The monoisotopic (exact) mass is 362 g/mol. The van der Waals surface area contributed by atoms with Gasteiger partial charge in [0.2, 0.25) is 0 Å². The standard InChI is InChI=1S/C17H25F3N2O3/c1-11(7-12(2)25-10-17(18,19)20)9-21-15(23)22-13-8-14(24-3)16(13)5-4-6-16/h7,13-14H,1,4-6,8-10H2,2-3H3,(H2,21,22,23)/b12-7+. The molecule has 2 aliphatic carbocycles. The number of ether oxygens (including phenoxy) is 2. The van der Waals surface area contributed by atoms with Crippen molar-refractivity contribution in [2.75, 3.05) is 20.3 Å². The molecule has 2 fully saturated rings. The second-order valence-corrected chi connectivity index (χ2v) is 6.74. The van der Waals surface area contributed by atoms with Crippen LogP contribution in [0, 0.1) is 5.41 Å². The second-order valence-electron chi connectivity index (χ2n) is 6.74. The molecule has 2 unspecified atom stereocenters. The molecule has 2 rings (SSSR count). The molecule has 2 N–H and O–H groups in total. The van der Waals surface area contributed by atoms with Crippen molar-refractivity contribution in [1.29, 1.82) is 0 Å². The van der Waals surface area contributed by atoms with Gasteiger partial charge in [-0.25, -0.2) is 4.79 Å². The first-order chi connectivity index (χ1) is 11.7. The first-order valence-corrected chi connectivity index (χ1v) is 8.29. The van der Waals surface area contributed by atoms with Crippen LogP contribution in [0.1, 0.15) is 32.6 Å². The fourth-order valence-corrected chi connectivity index (χ4v) is 3.52. The number of alkyl halides is 3. The van der Waals surface area contributed by atoms with E-state index in [0.29, 0.717) is 5.57 Å². The summed E-state index contributed by atoms with van der Waals surface area (Å²) in [4.78, 5) is 12.0.